The van der Waals surface area contributed by atoms with E-state index in [1.807, 2.05) is 14.0 Å². The quantitative estimate of drug-likeness (QED) is 0.836. The number of hydrogen-bond acceptors (Lipinski definition) is 2. The summed E-state index contributed by atoms with van der Waals surface area (Å²) in [5.41, 5.74) is 0.434. The summed E-state index contributed by atoms with van der Waals surface area (Å²) in [5, 5.41) is 3.42. The number of hydrogen-bond donors (Lipinski definition) is 1. The molecule has 0 aliphatic heterocycles. The van der Waals surface area contributed by atoms with Crippen molar-refractivity contribution in [2.45, 2.75) is 59.4 Å². The summed E-state index contributed by atoms with van der Waals surface area (Å²) >= 11 is 0. The maximum Gasteiger partial charge on any atom is 0.236 e. The van der Waals surface area contributed by atoms with Gasteiger partial charge in [0.2, 0.25) is 5.91 Å². The molecule has 0 heterocycles. The number of likely N-dealkylation sites (N-methyl/N-ethyl adjacent to an activating group) is 1. The van der Waals surface area contributed by atoms with E-state index in [-0.39, 0.29) is 5.91 Å². The normalized spacial score (nSPS) is 24.9. The van der Waals surface area contributed by atoms with E-state index >= 15 is 0 Å². The van der Waals surface area contributed by atoms with Crippen LogP contribution in [-0.2, 0) is 4.79 Å². The van der Waals surface area contributed by atoms with Crippen LogP contribution in [0.5, 0.6) is 0 Å². The van der Waals surface area contributed by atoms with Gasteiger partial charge < -0.3 is 10.2 Å². The summed E-state index contributed by atoms with van der Waals surface area (Å²) in [6.45, 7) is 10.3. The molecule has 0 aromatic carbocycles. The minimum Gasteiger partial charge on any atom is -0.345 e. The van der Waals surface area contributed by atoms with Crippen LogP contribution in [-0.4, -0.2) is 37.0 Å². The van der Waals surface area contributed by atoms with Crippen LogP contribution in [0.15, 0.2) is 0 Å². The first kappa shape index (κ1) is 15.5. The molecule has 0 aromatic heterocycles. The van der Waals surface area contributed by atoms with Crippen LogP contribution < -0.4 is 5.32 Å². The predicted molar refractivity (Wildman–Crippen MR) is 76.5 cm³/mol. The minimum atomic E-state index is 0.204. The Kier molecular flexibility index (Phi) is 5.64. The summed E-state index contributed by atoms with van der Waals surface area (Å²) in [6.07, 6.45) is 5.01. The highest BCUT2D eigenvalue weighted by molar-refractivity contribution is 5.77. The summed E-state index contributed by atoms with van der Waals surface area (Å²) in [5.74, 6) is 1.04. The van der Waals surface area contributed by atoms with Gasteiger partial charge in [-0.2, -0.15) is 0 Å². The largest absolute Gasteiger partial charge is 0.345 e. The summed E-state index contributed by atoms with van der Waals surface area (Å²) in [6, 6.07) is 0.540. The molecular formula is C15H30N2O. The highest BCUT2D eigenvalue weighted by Gasteiger charge is 2.29. The molecule has 0 atom stereocenters. The van der Waals surface area contributed by atoms with Crippen molar-refractivity contribution in [3.05, 3.63) is 0 Å². The van der Waals surface area contributed by atoms with Gasteiger partial charge in [0, 0.05) is 19.6 Å². The Labute approximate surface area is 112 Å². The monoisotopic (exact) mass is 254 g/mol. The van der Waals surface area contributed by atoms with Gasteiger partial charge in [0.1, 0.15) is 0 Å². The van der Waals surface area contributed by atoms with Crippen molar-refractivity contribution in [2.24, 2.45) is 11.3 Å². The number of nitrogens with zero attached hydrogens (tertiary/aromatic N) is 1. The van der Waals surface area contributed by atoms with Crippen LogP contribution in [0.2, 0.25) is 0 Å². The zero-order chi connectivity index (χ0) is 13.8. The fourth-order valence-electron chi connectivity index (χ4n) is 2.71. The van der Waals surface area contributed by atoms with Crippen molar-refractivity contribution < 1.29 is 4.79 Å². The summed E-state index contributed by atoms with van der Waals surface area (Å²) < 4.78 is 0. The molecule has 1 amide bonds. The Morgan fingerprint density at radius 3 is 2.22 bits per heavy atom. The topological polar surface area (TPSA) is 32.3 Å². The lowest BCUT2D eigenvalue weighted by molar-refractivity contribution is -0.128. The SMILES string of the molecule is CCN(C)C(=O)CNC1CCC(C(C)(C)C)CC1. The number of amides is 1. The molecule has 3 heteroatoms. The van der Waals surface area contributed by atoms with E-state index < -0.39 is 0 Å². The second-order valence-electron chi connectivity index (χ2n) is 6.70. The molecule has 0 aromatic rings. The van der Waals surface area contributed by atoms with Gasteiger partial charge >= 0.3 is 0 Å². The van der Waals surface area contributed by atoms with E-state index in [4.69, 9.17) is 0 Å². The molecular weight excluding hydrogens is 224 g/mol. The average Bonchev–Trinajstić information content (AvgIpc) is 2.34. The molecule has 3 nitrogen and oxygen atoms in total. The van der Waals surface area contributed by atoms with Crippen LogP contribution >= 0.6 is 0 Å². The molecule has 1 fully saturated rings. The van der Waals surface area contributed by atoms with Gasteiger partial charge in [-0.25, -0.2) is 0 Å². The standard InChI is InChI=1S/C15H30N2O/c1-6-17(5)14(18)11-16-13-9-7-12(8-10-13)15(2,3)4/h12-13,16H,6-11H2,1-5H3. The van der Waals surface area contributed by atoms with Gasteiger partial charge in [-0.3, -0.25) is 4.79 Å². The number of carbonyl (C=O) groups is 1. The highest BCUT2D eigenvalue weighted by atomic mass is 16.2. The van der Waals surface area contributed by atoms with E-state index in [0.717, 1.165) is 12.5 Å². The van der Waals surface area contributed by atoms with Gasteiger partial charge in [-0.1, -0.05) is 20.8 Å². The molecule has 1 rings (SSSR count). The molecule has 106 valence electrons. The molecule has 1 aliphatic rings. The Hall–Kier alpha value is -0.570. The van der Waals surface area contributed by atoms with E-state index in [1.165, 1.54) is 25.7 Å². The van der Waals surface area contributed by atoms with Crippen molar-refractivity contribution in [2.75, 3.05) is 20.1 Å². The van der Waals surface area contributed by atoms with Gasteiger partial charge in [-0.05, 0) is 43.9 Å². The highest BCUT2D eigenvalue weighted by Crippen LogP contribution is 2.37. The van der Waals surface area contributed by atoms with Gasteiger partial charge in [0.25, 0.3) is 0 Å². The van der Waals surface area contributed by atoms with E-state index in [2.05, 4.69) is 26.1 Å². The van der Waals surface area contributed by atoms with Crippen LogP contribution in [0, 0.1) is 11.3 Å². The Bertz CT molecular complexity index is 262. The van der Waals surface area contributed by atoms with Crippen molar-refractivity contribution in [1.82, 2.24) is 10.2 Å². The molecule has 0 saturated heterocycles. The molecule has 0 unspecified atom stereocenters. The molecule has 0 bridgehead atoms. The van der Waals surface area contributed by atoms with Gasteiger partial charge in [-0.15, -0.1) is 0 Å². The number of carbonyl (C=O) groups excluding carboxylic acids is 1. The number of rotatable bonds is 4. The third-order valence-corrected chi connectivity index (χ3v) is 4.39. The number of nitrogens with one attached hydrogen (secondary N) is 1. The lowest BCUT2D eigenvalue weighted by Gasteiger charge is -2.37. The van der Waals surface area contributed by atoms with E-state index in [0.29, 0.717) is 18.0 Å². The lowest BCUT2D eigenvalue weighted by atomic mass is 9.71. The average molecular weight is 254 g/mol. The molecule has 0 radical (unpaired) electrons. The molecule has 1 saturated carbocycles. The second-order valence-corrected chi connectivity index (χ2v) is 6.70. The van der Waals surface area contributed by atoms with Crippen molar-refractivity contribution in [3.63, 3.8) is 0 Å². The van der Waals surface area contributed by atoms with E-state index in [9.17, 15) is 4.79 Å². The van der Waals surface area contributed by atoms with Crippen molar-refractivity contribution in [3.8, 4) is 0 Å². The minimum absolute atomic E-state index is 0.204. The first-order chi connectivity index (χ1) is 8.34. The second kappa shape index (κ2) is 6.55. The zero-order valence-corrected chi connectivity index (χ0v) is 12.8. The predicted octanol–water partition coefficient (Wildman–Crippen LogP) is 2.66. The summed E-state index contributed by atoms with van der Waals surface area (Å²) in [4.78, 5) is 13.5. The summed E-state index contributed by atoms with van der Waals surface area (Å²) in [7, 11) is 1.86. The Morgan fingerprint density at radius 2 is 1.78 bits per heavy atom. The van der Waals surface area contributed by atoms with E-state index in [1.54, 1.807) is 4.90 Å². The maximum absolute atomic E-state index is 11.7. The van der Waals surface area contributed by atoms with Crippen LogP contribution in [0.4, 0.5) is 0 Å². The molecule has 1 aliphatic carbocycles. The third-order valence-electron chi connectivity index (χ3n) is 4.39. The molecule has 18 heavy (non-hydrogen) atoms. The zero-order valence-electron chi connectivity index (χ0n) is 12.8. The first-order valence-corrected chi connectivity index (χ1v) is 7.32. The lowest BCUT2D eigenvalue weighted by Crippen LogP contribution is -2.42. The first-order valence-electron chi connectivity index (χ1n) is 7.32. The van der Waals surface area contributed by atoms with Crippen molar-refractivity contribution >= 4 is 5.91 Å². The molecule has 0 spiro atoms. The van der Waals surface area contributed by atoms with Gasteiger partial charge in [0.05, 0.1) is 6.54 Å². The fourth-order valence-corrected chi connectivity index (χ4v) is 2.71. The van der Waals surface area contributed by atoms with Crippen LogP contribution in [0.25, 0.3) is 0 Å². The maximum atomic E-state index is 11.7. The fraction of sp³-hybridized carbons (Fsp3) is 0.933. The van der Waals surface area contributed by atoms with Crippen LogP contribution in [0.1, 0.15) is 53.4 Å². The Morgan fingerprint density at radius 1 is 1.22 bits per heavy atom. The molecule has 1 N–H and O–H groups in total. The van der Waals surface area contributed by atoms with Gasteiger partial charge in [0.15, 0.2) is 0 Å². The van der Waals surface area contributed by atoms with Crippen molar-refractivity contribution in [1.29, 1.82) is 0 Å². The van der Waals surface area contributed by atoms with Crippen LogP contribution in [0.3, 0.4) is 0 Å². The third kappa shape index (κ3) is 4.60. The Balaban J connectivity index is 2.26. The smallest absolute Gasteiger partial charge is 0.236 e.